The molecule has 6 heteroatoms. The van der Waals surface area contributed by atoms with Crippen LogP contribution in [0.5, 0.6) is 0 Å². The first kappa shape index (κ1) is 27.4. The number of hydrogen-bond acceptors (Lipinski definition) is 5. The van der Waals surface area contributed by atoms with Crippen molar-refractivity contribution < 1.29 is 19.8 Å². The molecule has 0 amide bonds. The monoisotopic (exact) mass is 423 g/mol. The number of nitrogens with two attached hydrogens (primary N) is 1. The molecule has 0 bridgehead atoms. The summed E-state index contributed by atoms with van der Waals surface area (Å²) in [4.78, 5) is 23.0. The molecule has 4 N–H and O–H groups in total. The van der Waals surface area contributed by atoms with Gasteiger partial charge >= 0.3 is 5.97 Å². The van der Waals surface area contributed by atoms with Crippen LogP contribution in [-0.2, 0) is 9.59 Å². The van der Waals surface area contributed by atoms with Crippen LogP contribution in [0.3, 0.4) is 0 Å². The summed E-state index contributed by atoms with van der Waals surface area (Å²) in [5, 5.41) is 19.0. The largest absolute Gasteiger partial charge is 0.481 e. The number of aliphatic carboxylic acids is 1. The second-order valence-electron chi connectivity index (χ2n) is 6.97. The first-order chi connectivity index (χ1) is 13.9. The zero-order valence-electron chi connectivity index (χ0n) is 17.5. The summed E-state index contributed by atoms with van der Waals surface area (Å²) in [6.07, 6.45) is 20.6. The summed E-state index contributed by atoms with van der Waals surface area (Å²) in [7, 11) is 0. The fourth-order valence-electron chi connectivity index (χ4n) is 2.67. The van der Waals surface area contributed by atoms with E-state index in [1.165, 1.54) is 19.3 Å². The Labute approximate surface area is 180 Å². The van der Waals surface area contributed by atoms with E-state index in [0.717, 1.165) is 12.8 Å². The molecule has 0 heterocycles. The van der Waals surface area contributed by atoms with Gasteiger partial charge < -0.3 is 15.9 Å². The highest BCUT2D eigenvalue weighted by Gasteiger charge is 2.27. The topological polar surface area (TPSA) is 101 Å². The minimum Gasteiger partial charge on any atom is -0.481 e. The number of ketones is 1. The highest BCUT2D eigenvalue weighted by Crippen LogP contribution is 2.16. The van der Waals surface area contributed by atoms with Gasteiger partial charge in [0.2, 0.25) is 0 Å². The molecule has 0 saturated carbocycles. The molecular formula is C23H37NO4S. The molecule has 0 aliphatic rings. The number of carboxylic acids is 1. The first-order valence-corrected chi connectivity index (χ1v) is 11.0. The number of aliphatic hydroxyl groups is 1. The number of aliphatic hydroxyl groups excluding tert-OH is 1. The highest BCUT2D eigenvalue weighted by atomic mass is 32.1. The van der Waals surface area contributed by atoms with E-state index >= 15 is 0 Å². The summed E-state index contributed by atoms with van der Waals surface area (Å²) < 4.78 is 0. The van der Waals surface area contributed by atoms with E-state index in [9.17, 15) is 14.7 Å². The Morgan fingerprint density at radius 3 is 2.41 bits per heavy atom. The number of thiol groups is 1. The van der Waals surface area contributed by atoms with Crippen molar-refractivity contribution in [3.05, 3.63) is 48.6 Å². The van der Waals surface area contributed by atoms with Crippen molar-refractivity contribution in [1.29, 1.82) is 0 Å². The Morgan fingerprint density at radius 1 is 1.03 bits per heavy atom. The molecule has 0 radical (unpaired) electrons. The molecule has 0 spiro atoms. The maximum atomic E-state index is 12.4. The average molecular weight is 424 g/mol. The molecule has 164 valence electrons. The van der Waals surface area contributed by atoms with E-state index in [-0.39, 0.29) is 24.4 Å². The number of Topliss-reactive ketones (excluding diaryl/α,β-unsaturated/α-hetero) is 1. The summed E-state index contributed by atoms with van der Waals surface area (Å²) in [6.45, 7) is 2.19. The zero-order valence-corrected chi connectivity index (χ0v) is 18.3. The van der Waals surface area contributed by atoms with Gasteiger partial charge in [-0.3, -0.25) is 9.59 Å². The van der Waals surface area contributed by atoms with Crippen LogP contribution in [0, 0.1) is 5.92 Å². The fraction of sp³-hybridized carbons (Fsp3) is 0.565. The van der Waals surface area contributed by atoms with Gasteiger partial charge in [0.25, 0.3) is 0 Å². The molecule has 0 saturated heterocycles. The van der Waals surface area contributed by atoms with Gasteiger partial charge in [-0.2, -0.15) is 12.6 Å². The number of carbonyl (C=O) groups is 2. The molecule has 3 atom stereocenters. The van der Waals surface area contributed by atoms with E-state index in [4.69, 9.17) is 10.8 Å². The second kappa shape index (κ2) is 18.4. The van der Waals surface area contributed by atoms with Gasteiger partial charge in [-0.05, 0) is 32.1 Å². The highest BCUT2D eigenvalue weighted by molar-refractivity contribution is 7.80. The molecule has 0 aromatic rings. The number of rotatable bonds is 17. The lowest BCUT2D eigenvalue weighted by molar-refractivity contribution is -0.137. The van der Waals surface area contributed by atoms with Crippen LogP contribution in [0.2, 0.25) is 0 Å². The molecule has 0 aliphatic carbocycles. The molecule has 0 aromatic carbocycles. The van der Waals surface area contributed by atoms with E-state index < -0.39 is 24.0 Å². The normalized spacial score (nSPS) is 15.6. The van der Waals surface area contributed by atoms with E-state index in [1.807, 2.05) is 18.2 Å². The van der Waals surface area contributed by atoms with Gasteiger partial charge in [-0.1, -0.05) is 68.4 Å². The maximum Gasteiger partial charge on any atom is 0.303 e. The summed E-state index contributed by atoms with van der Waals surface area (Å²) in [6, 6.07) is -0.768. The van der Waals surface area contributed by atoms with Gasteiger partial charge in [-0.25, -0.2) is 0 Å². The summed E-state index contributed by atoms with van der Waals surface area (Å²) in [5.74, 6) is -1.80. The number of unbranched alkanes of at least 4 members (excludes halogenated alkanes) is 3. The number of carboxylic acid groups (broad SMARTS) is 1. The summed E-state index contributed by atoms with van der Waals surface area (Å²) >= 11 is 4.05. The third-order valence-electron chi connectivity index (χ3n) is 4.40. The molecule has 0 fully saturated rings. The van der Waals surface area contributed by atoms with Crippen LogP contribution in [0.15, 0.2) is 48.6 Å². The van der Waals surface area contributed by atoms with Crippen molar-refractivity contribution >= 4 is 24.4 Å². The summed E-state index contributed by atoms with van der Waals surface area (Å²) in [5.41, 5.74) is 5.77. The quantitative estimate of drug-likeness (QED) is 0.121. The predicted molar refractivity (Wildman–Crippen MR) is 123 cm³/mol. The zero-order chi connectivity index (χ0) is 21.9. The molecule has 0 aromatic heterocycles. The van der Waals surface area contributed by atoms with E-state index in [0.29, 0.717) is 6.42 Å². The molecule has 0 rings (SSSR count). The van der Waals surface area contributed by atoms with Crippen molar-refractivity contribution in [1.82, 2.24) is 0 Å². The minimum atomic E-state index is -0.967. The average Bonchev–Trinajstić information content (AvgIpc) is 2.70. The van der Waals surface area contributed by atoms with Crippen LogP contribution in [0.4, 0.5) is 0 Å². The predicted octanol–water partition coefficient (Wildman–Crippen LogP) is 4.24. The van der Waals surface area contributed by atoms with Gasteiger partial charge in [0.05, 0.1) is 18.1 Å². The number of carbonyl (C=O) groups excluding carboxylic acids is 1. The Bertz CT molecular complexity index is 569. The molecular weight excluding hydrogens is 386 g/mol. The maximum absolute atomic E-state index is 12.4. The fourth-order valence-corrected chi connectivity index (χ4v) is 2.85. The van der Waals surface area contributed by atoms with E-state index in [2.05, 4.69) is 31.7 Å². The number of allylic oxidation sites excluding steroid dienone is 7. The van der Waals surface area contributed by atoms with Gasteiger partial charge in [-0.15, -0.1) is 0 Å². The second-order valence-corrected chi connectivity index (χ2v) is 7.34. The minimum absolute atomic E-state index is 0.0436. The smallest absolute Gasteiger partial charge is 0.303 e. The van der Waals surface area contributed by atoms with Crippen molar-refractivity contribution in [2.75, 3.05) is 5.75 Å². The lowest BCUT2D eigenvalue weighted by atomic mass is 9.90. The van der Waals surface area contributed by atoms with Gasteiger partial charge in [0, 0.05) is 12.2 Å². The lowest BCUT2D eigenvalue weighted by Gasteiger charge is -2.21. The first-order valence-electron chi connectivity index (χ1n) is 10.4. The van der Waals surface area contributed by atoms with Crippen LogP contribution in [0.25, 0.3) is 0 Å². The van der Waals surface area contributed by atoms with E-state index in [1.54, 1.807) is 18.2 Å². The van der Waals surface area contributed by atoms with Crippen LogP contribution >= 0.6 is 12.6 Å². The van der Waals surface area contributed by atoms with Crippen molar-refractivity contribution in [2.24, 2.45) is 11.7 Å². The lowest BCUT2D eigenvalue weighted by Crippen LogP contribution is -2.41. The van der Waals surface area contributed by atoms with Crippen molar-refractivity contribution in [2.45, 2.75) is 70.4 Å². The number of hydrogen-bond donors (Lipinski definition) is 4. The third-order valence-corrected chi connectivity index (χ3v) is 4.79. The van der Waals surface area contributed by atoms with Gasteiger partial charge in [0.15, 0.2) is 5.78 Å². The standard InChI is InChI=1S/C23H37NO4S/c1-2-3-4-5-6-7-8-9-10-11-12-13-15-19(23(28)20(24)18-29)21(25)16-14-17-22(26)27/h6-7,9-13,15,19-21,25,29H,2-5,8,14,16-18,24H2,1H3,(H,26,27)/t19?,20-,21?/m0/s1. The Balaban J connectivity index is 4.58. The van der Waals surface area contributed by atoms with Crippen molar-refractivity contribution in [3.63, 3.8) is 0 Å². The molecule has 2 unspecified atom stereocenters. The molecule has 29 heavy (non-hydrogen) atoms. The van der Waals surface area contributed by atoms with Crippen LogP contribution < -0.4 is 5.73 Å². The van der Waals surface area contributed by atoms with Crippen LogP contribution in [-0.4, -0.2) is 39.9 Å². The van der Waals surface area contributed by atoms with Gasteiger partial charge in [0.1, 0.15) is 0 Å². The SMILES string of the molecule is CCCCCC=CCC=CC=CC=CC(C(=O)[C@@H](N)CS)C(O)CCCC(=O)O. The van der Waals surface area contributed by atoms with Crippen molar-refractivity contribution in [3.8, 4) is 0 Å². The molecule has 0 aliphatic heterocycles. The Kier molecular flexibility index (Phi) is 17.4. The Morgan fingerprint density at radius 2 is 1.76 bits per heavy atom. The van der Waals surface area contributed by atoms with Crippen LogP contribution in [0.1, 0.15) is 58.3 Å². The third kappa shape index (κ3) is 14.9. The molecule has 5 nitrogen and oxygen atoms in total. The Hall–Kier alpha value is -1.63.